The van der Waals surface area contributed by atoms with E-state index in [0.717, 1.165) is 11.2 Å². The number of hydrogen-bond donors (Lipinski definition) is 4. The number of aromatic nitrogens is 1. The number of benzene rings is 1. The van der Waals surface area contributed by atoms with Crippen molar-refractivity contribution in [3.8, 4) is 0 Å². The quantitative estimate of drug-likeness (QED) is 0.164. The molecule has 3 amide bonds. The topological polar surface area (TPSA) is 189 Å². The van der Waals surface area contributed by atoms with Gasteiger partial charge in [-0.05, 0) is 57.9 Å². The number of hydrogen-bond acceptors (Lipinski definition) is 8. The first-order valence-corrected chi connectivity index (χ1v) is 11.8. The van der Waals surface area contributed by atoms with Crippen LogP contribution in [0.15, 0.2) is 34.4 Å². The number of carbonyl (C=O) groups is 4. The van der Waals surface area contributed by atoms with Gasteiger partial charge in [0.1, 0.15) is 6.10 Å². The fourth-order valence-corrected chi connectivity index (χ4v) is 3.26. The van der Waals surface area contributed by atoms with Crippen LogP contribution in [0.5, 0.6) is 0 Å². The molecule has 0 aliphatic heterocycles. The number of aliphatic hydroxyl groups excluding tert-OH is 1. The van der Waals surface area contributed by atoms with Crippen LogP contribution in [-0.4, -0.2) is 77.0 Å². The molecule has 1 aromatic heterocycles. The largest absolute Gasteiger partial charge is 0.426 e. The second kappa shape index (κ2) is 13.7. The van der Waals surface area contributed by atoms with Crippen molar-refractivity contribution in [2.45, 2.75) is 40.7 Å². The molecule has 1 heterocycles. The molecule has 38 heavy (non-hydrogen) atoms. The lowest BCUT2D eigenvalue weighted by Gasteiger charge is -2.19. The number of nitrogens with zero attached hydrogens (tertiary/aromatic N) is 3. The third kappa shape index (κ3) is 7.26. The Hall–Kier alpha value is -4.52. The molecule has 2 aromatic rings. The second-order valence-electron chi connectivity index (χ2n) is 7.99. The maximum atomic E-state index is 13.1. The van der Waals surface area contributed by atoms with Crippen molar-refractivity contribution < 1.29 is 33.8 Å². The van der Waals surface area contributed by atoms with Crippen molar-refractivity contribution in [2.24, 2.45) is 15.7 Å². The molecule has 2 rings (SSSR count). The van der Waals surface area contributed by atoms with Crippen LogP contribution in [0.4, 0.5) is 10.5 Å². The smallest absolute Gasteiger partial charge is 0.419 e. The van der Waals surface area contributed by atoms with Gasteiger partial charge in [-0.1, -0.05) is 6.07 Å². The number of amidine groups is 1. The molecule has 1 unspecified atom stereocenters. The number of esters is 1. The Morgan fingerprint density at radius 1 is 1.21 bits per heavy atom. The Bertz CT molecular complexity index is 1250. The van der Waals surface area contributed by atoms with Crippen LogP contribution in [0.2, 0.25) is 0 Å². The Kier molecular flexibility index (Phi) is 10.7. The monoisotopic (exact) mass is 528 g/mol. The highest BCUT2D eigenvalue weighted by molar-refractivity contribution is 6.07. The number of H-pyrrole nitrogens is 1. The van der Waals surface area contributed by atoms with Gasteiger partial charge in [0.25, 0.3) is 11.8 Å². The third-order valence-electron chi connectivity index (χ3n) is 5.33. The summed E-state index contributed by atoms with van der Waals surface area (Å²) in [6.07, 6.45) is 0.198. The Labute approximate surface area is 219 Å². The normalized spacial score (nSPS) is 12.2. The molecule has 0 fully saturated rings. The summed E-state index contributed by atoms with van der Waals surface area (Å²) in [5.41, 5.74) is 8.27. The summed E-state index contributed by atoms with van der Waals surface area (Å²) in [5, 5.41) is 11.9. The number of aromatic amines is 1. The molecule has 13 nitrogen and oxygen atoms in total. The van der Waals surface area contributed by atoms with Crippen LogP contribution >= 0.6 is 0 Å². The van der Waals surface area contributed by atoms with E-state index in [1.54, 1.807) is 33.0 Å². The lowest BCUT2D eigenvalue weighted by Crippen LogP contribution is -2.38. The van der Waals surface area contributed by atoms with Crippen LogP contribution in [-0.2, 0) is 14.3 Å². The predicted octanol–water partition coefficient (Wildman–Crippen LogP) is 1.93. The Morgan fingerprint density at radius 2 is 1.92 bits per heavy atom. The molecule has 1 aromatic carbocycles. The van der Waals surface area contributed by atoms with Gasteiger partial charge in [-0.3, -0.25) is 9.59 Å². The molecule has 0 aliphatic carbocycles. The number of aliphatic hydroxyl groups is 1. The van der Waals surface area contributed by atoms with E-state index in [2.05, 4.69) is 25.0 Å². The fourth-order valence-electron chi connectivity index (χ4n) is 3.26. The molecular weight excluding hydrogens is 496 g/mol. The summed E-state index contributed by atoms with van der Waals surface area (Å²) in [6.45, 7) is 7.79. The molecule has 204 valence electrons. The van der Waals surface area contributed by atoms with Gasteiger partial charge >= 0.3 is 12.1 Å². The van der Waals surface area contributed by atoms with Crippen LogP contribution in [0.1, 0.15) is 58.3 Å². The van der Waals surface area contributed by atoms with Crippen LogP contribution in [0.3, 0.4) is 0 Å². The predicted molar refractivity (Wildman–Crippen MR) is 139 cm³/mol. The van der Waals surface area contributed by atoms with Crippen LogP contribution in [0, 0.1) is 13.8 Å². The van der Waals surface area contributed by atoms with E-state index in [-0.39, 0.29) is 23.9 Å². The zero-order chi connectivity index (χ0) is 28.4. The molecule has 13 heteroatoms. The Morgan fingerprint density at radius 3 is 2.53 bits per heavy atom. The number of nitrogens with two attached hydrogens (primary N) is 1. The lowest BCUT2D eigenvalue weighted by atomic mass is 10.1. The highest BCUT2D eigenvalue weighted by atomic mass is 16.7. The average molecular weight is 529 g/mol. The number of aryl methyl sites for hydroxylation is 1. The van der Waals surface area contributed by atoms with Gasteiger partial charge in [0.05, 0.1) is 23.3 Å². The zero-order valence-electron chi connectivity index (χ0n) is 21.9. The van der Waals surface area contributed by atoms with Gasteiger partial charge in [0.15, 0.2) is 5.84 Å². The van der Waals surface area contributed by atoms with Crippen LogP contribution in [0.25, 0.3) is 0 Å². The molecule has 1 atom stereocenters. The number of ether oxygens (including phenoxy) is 2. The van der Waals surface area contributed by atoms with E-state index in [1.165, 1.54) is 19.1 Å². The van der Waals surface area contributed by atoms with Gasteiger partial charge in [-0.15, -0.1) is 0 Å². The second-order valence-corrected chi connectivity index (χ2v) is 7.99. The van der Waals surface area contributed by atoms with Crippen molar-refractivity contribution in [2.75, 3.05) is 19.9 Å². The van der Waals surface area contributed by atoms with Gasteiger partial charge in [-0.25, -0.2) is 24.5 Å². The minimum absolute atomic E-state index is 0.0263. The number of nitrogens with one attached hydrogen (secondary N) is 2. The fraction of sp³-hybridized carbons (Fsp3) is 0.360. The summed E-state index contributed by atoms with van der Waals surface area (Å²) in [7, 11) is 0. The maximum Gasteiger partial charge on any atom is 0.419 e. The van der Waals surface area contributed by atoms with E-state index in [9.17, 15) is 19.2 Å². The molecule has 0 spiro atoms. The SMILES string of the molecule is CCNC(=O)c1c[nH]c(C(N=CN)=Nc2cc(C(=O)N(CC)C(=O)OCOC(=O)C(C)O)ccc2C)c1C. The van der Waals surface area contributed by atoms with Gasteiger partial charge in [0.2, 0.25) is 6.79 Å². The highest BCUT2D eigenvalue weighted by Crippen LogP contribution is 2.24. The minimum atomic E-state index is -1.38. The maximum absolute atomic E-state index is 13.1. The molecule has 0 radical (unpaired) electrons. The van der Waals surface area contributed by atoms with E-state index in [1.807, 2.05) is 6.92 Å². The van der Waals surface area contributed by atoms with Crippen molar-refractivity contribution >= 4 is 41.7 Å². The van der Waals surface area contributed by atoms with E-state index < -0.39 is 30.9 Å². The third-order valence-corrected chi connectivity index (χ3v) is 5.33. The summed E-state index contributed by atoms with van der Waals surface area (Å²) >= 11 is 0. The minimum Gasteiger partial charge on any atom is -0.426 e. The van der Waals surface area contributed by atoms with E-state index in [4.69, 9.17) is 15.6 Å². The van der Waals surface area contributed by atoms with Crippen LogP contribution < -0.4 is 11.1 Å². The summed E-state index contributed by atoms with van der Waals surface area (Å²) in [5.74, 6) is -1.71. The zero-order valence-corrected chi connectivity index (χ0v) is 21.9. The molecule has 0 aliphatic rings. The van der Waals surface area contributed by atoms with Crippen molar-refractivity contribution in [1.82, 2.24) is 15.2 Å². The van der Waals surface area contributed by atoms with E-state index >= 15 is 0 Å². The molecule has 0 saturated carbocycles. The first-order valence-electron chi connectivity index (χ1n) is 11.8. The first kappa shape index (κ1) is 29.7. The average Bonchev–Trinajstić information content (AvgIpc) is 3.26. The summed E-state index contributed by atoms with van der Waals surface area (Å²) in [4.78, 5) is 61.7. The molecule has 5 N–H and O–H groups in total. The van der Waals surface area contributed by atoms with Gasteiger partial charge in [-0.2, -0.15) is 0 Å². The van der Waals surface area contributed by atoms with Gasteiger partial charge in [0, 0.05) is 24.8 Å². The first-order chi connectivity index (χ1) is 18.0. The van der Waals surface area contributed by atoms with Crippen molar-refractivity contribution in [3.63, 3.8) is 0 Å². The lowest BCUT2D eigenvalue weighted by molar-refractivity contribution is -0.161. The number of rotatable bonds is 9. The summed E-state index contributed by atoms with van der Waals surface area (Å²) in [6, 6.07) is 4.66. The highest BCUT2D eigenvalue weighted by Gasteiger charge is 2.24. The summed E-state index contributed by atoms with van der Waals surface area (Å²) < 4.78 is 9.43. The Balaban J connectivity index is 2.35. The van der Waals surface area contributed by atoms with Gasteiger partial charge < -0.3 is 30.6 Å². The molecular formula is C25H32N6O7. The van der Waals surface area contributed by atoms with E-state index in [0.29, 0.717) is 34.6 Å². The number of imide groups is 1. The van der Waals surface area contributed by atoms with Crippen molar-refractivity contribution in [3.05, 3.63) is 52.3 Å². The number of aliphatic imine (C=N–C) groups is 2. The molecule has 0 saturated heterocycles. The number of carbonyl (C=O) groups excluding carboxylic acids is 4. The van der Waals surface area contributed by atoms with Crippen molar-refractivity contribution in [1.29, 1.82) is 0 Å². The number of amides is 3. The standard InChI is InChI=1S/C25H32N6O7/c1-6-27-22(33)18-11-28-20(15(18)4)21(29-12-26)30-19-10-17(9-8-14(19)3)23(34)31(7-2)25(36)38-13-37-24(35)16(5)32/h8-12,16,28,32H,6-7,13H2,1-5H3,(H,27,33)(H2,26,29,30). The molecule has 0 bridgehead atoms.